The maximum Gasteiger partial charge on any atom is 0.254 e. The van der Waals surface area contributed by atoms with Crippen LogP contribution in [0.5, 0.6) is 5.75 Å². The van der Waals surface area contributed by atoms with Crippen LogP contribution in [0.15, 0.2) is 24.3 Å². The number of nitrogens with one attached hydrogen (secondary N) is 1. The number of aromatic hydroxyl groups is 1. The van der Waals surface area contributed by atoms with E-state index in [1.807, 2.05) is 4.90 Å². The summed E-state index contributed by atoms with van der Waals surface area (Å²) in [4.78, 5) is 28.6. The molecule has 6 heteroatoms. The first kappa shape index (κ1) is 15.8. The van der Waals surface area contributed by atoms with Crippen LogP contribution in [0.3, 0.4) is 0 Å². The fourth-order valence-electron chi connectivity index (χ4n) is 3.27. The minimum atomic E-state index is -0.0904. The van der Waals surface area contributed by atoms with Crippen molar-refractivity contribution in [2.24, 2.45) is 5.92 Å². The molecule has 0 aromatic heterocycles. The van der Waals surface area contributed by atoms with Gasteiger partial charge >= 0.3 is 0 Å². The molecule has 1 aromatic rings. The van der Waals surface area contributed by atoms with Gasteiger partial charge in [0, 0.05) is 38.3 Å². The van der Waals surface area contributed by atoms with Crippen molar-refractivity contribution >= 4 is 11.8 Å². The average molecular weight is 317 g/mol. The highest BCUT2D eigenvalue weighted by Gasteiger charge is 2.29. The summed E-state index contributed by atoms with van der Waals surface area (Å²) in [6.07, 6.45) is 2.00. The Bertz CT molecular complexity index is 576. The molecule has 2 aliphatic rings. The molecule has 124 valence electrons. The Morgan fingerprint density at radius 1 is 1.13 bits per heavy atom. The summed E-state index contributed by atoms with van der Waals surface area (Å²) in [6.45, 7) is 4.01. The van der Waals surface area contributed by atoms with E-state index in [1.165, 1.54) is 6.07 Å². The number of phenolic OH excluding ortho intramolecular Hbond substituents is 1. The van der Waals surface area contributed by atoms with E-state index < -0.39 is 0 Å². The summed E-state index contributed by atoms with van der Waals surface area (Å²) in [5.74, 6) is 0.292. The van der Waals surface area contributed by atoms with Crippen molar-refractivity contribution in [1.82, 2.24) is 15.1 Å². The van der Waals surface area contributed by atoms with Gasteiger partial charge in [0.2, 0.25) is 5.91 Å². The van der Waals surface area contributed by atoms with Crippen molar-refractivity contribution in [2.45, 2.75) is 12.8 Å². The molecular formula is C17H23N3O3. The van der Waals surface area contributed by atoms with Gasteiger partial charge in [-0.05, 0) is 37.6 Å². The number of nitrogens with zero attached hydrogens (tertiary/aromatic N) is 2. The topological polar surface area (TPSA) is 72.9 Å². The van der Waals surface area contributed by atoms with Crippen LogP contribution in [0.4, 0.5) is 0 Å². The first-order valence-corrected chi connectivity index (χ1v) is 8.23. The van der Waals surface area contributed by atoms with Gasteiger partial charge in [-0.1, -0.05) is 6.07 Å². The van der Waals surface area contributed by atoms with Crippen LogP contribution < -0.4 is 5.32 Å². The summed E-state index contributed by atoms with van der Waals surface area (Å²) >= 11 is 0. The molecule has 2 aliphatic heterocycles. The van der Waals surface area contributed by atoms with Crippen molar-refractivity contribution in [3.63, 3.8) is 0 Å². The SMILES string of the molecule is O=C(c1cccc(O)c1)N1CCN(C(=O)C2CCCNC2)CC1. The van der Waals surface area contributed by atoms with Gasteiger partial charge in [-0.2, -0.15) is 0 Å². The van der Waals surface area contributed by atoms with Gasteiger partial charge in [0.25, 0.3) is 5.91 Å². The van der Waals surface area contributed by atoms with Gasteiger partial charge in [-0.3, -0.25) is 9.59 Å². The largest absolute Gasteiger partial charge is 0.508 e. The third kappa shape index (κ3) is 3.64. The van der Waals surface area contributed by atoms with Crippen molar-refractivity contribution in [1.29, 1.82) is 0 Å². The smallest absolute Gasteiger partial charge is 0.254 e. The standard InChI is InChI=1S/C17H23N3O3/c21-15-5-1-3-13(11-15)16(22)19-7-9-20(10-8-19)17(23)14-4-2-6-18-12-14/h1,3,5,11,14,18,21H,2,4,6-10,12H2. The molecule has 6 nitrogen and oxygen atoms in total. The number of piperazine rings is 1. The van der Waals surface area contributed by atoms with E-state index in [1.54, 1.807) is 23.1 Å². The second kappa shape index (κ2) is 7.00. The number of phenols is 1. The van der Waals surface area contributed by atoms with E-state index in [0.717, 1.165) is 25.9 Å². The van der Waals surface area contributed by atoms with E-state index in [-0.39, 0.29) is 23.5 Å². The highest BCUT2D eigenvalue weighted by Crippen LogP contribution is 2.17. The summed E-state index contributed by atoms with van der Waals surface area (Å²) in [5.41, 5.74) is 0.487. The van der Waals surface area contributed by atoms with Crippen LogP contribution in [0.1, 0.15) is 23.2 Å². The zero-order valence-electron chi connectivity index (χ0n) is 13.2. The van der Waals surface area contributed by atoms with E-state index in [9.17, 15) is 14.7 Å². The third-order valence-corrected chi connectivity index (χ3v) is 4.62. The fraction of sp³-hybridized carbons (Fsp3) is 0.529. The molecular weight excluding hydrogens is 294 g/mol. The van der Waals surface area contributed by atoms with E-state index in [0.29, 0.717) is 31.7 Å². The summed E-state index contributed by atoms with van der Waals surface area (Å²) in [5, 5.41) is 12.8. The van der Waals surface area contributed by atoms with Crippen LogP contribution in [0.2, 0.25) is 0 Å². The molecule has 2 fully saturated rings. The van der Waals surface area contributed by atoms with Gasteiger partial charge in [-0.25, -0.2) is 0 Å². The van der Waals surface area contributed by atoms with Crippen molar-refractivity contribution in [3.8, 4) is 5.75 Å². The van der Waals surface area contributed by atoms with Gasteiger partial charge < -0.3 is 20.2 Å². The Hall–Kier alpha value is -2.08. The zero-order chi connectivity index (χ0) is 16.2. The molecule has 0 bridgehead atoms. The second-order valence-electron chi connectivity index (χ2n) is 6.21. The molecule has 2 saturated heterocycles. The lowest BCUT2D eigenvalue weighted by Crippen LogP contribution is -2.53. The molecule has 2 amide bonds. The van der Waals surface area contributed by atoms with Crippen LogP contribution in [-0.2, 0) is 4.79 Å². The van der Waals surface area contributed by atoms with Crippen LogP contribution >= 0.6 is 0 Å². The lowest BCUT2D eigenvalue weighted by Gasteiger charge is -2.37. The minimum absolute atomic E-state index is 0.0806. The number of benzene rings is 1. The molecule has 0 spiro atoms. The fourth-order valence-corrected chi connectivity index (χ4v) is 3.27. The molecule has 1 aromatic carbocycles. The number of piperidine rings is 1. The van der Waals surface area contributed by atoms with Crippen LogP contribution in [0.25, 0.3) is 0 Å². The quantitative estimate of drug-likeness (QED) is 0.841. The Balaban J connectivity index is 1.55. The molecule has 2 heterocycles. The lowest BCUT2D eigenvalue weighted by molar-refractivity contribution is -0.137. The normalized spacial score (nSPS) is 22.0. The van der Waals surface area contributed by atoms with Gasteiger partial charge in [0.1, 0.15) is 5.75 Å². The molecule has 0 saturated carbocycles. The Labute approximate surface area is 136 Å². The predicted octanol–water partition coefficient (Wildman–Crippen LogP) is 0.676. The van der Waals surface area contributed by atoms with Crippen molar-refractivity contribution < 1.29 is 14.7 Å². The second-order valence-corrected chi connectivity index (χ2v) is 6.21. The first-order valence-electron chi connectivity index (χ1n) is 8.23. The van der Waals surface area contributed by atoms with E-state index in [2.05, 4.69) is 5.32 Å². The number of hydrogen-bond acceptors (Lipinski definition) is 4. The van der Waals surface area contributed by atoms with Gasteiger partial charge in [0.05, 0.1) is 5.92 Å². The monoisotopic (exact) mass is 317 g/mol. The molecule has 2 N–H and O–H groups in total. The number of carbonyl (C=O) groups excluding carboxylic acids is 2. The molecule has 0 radical (unpaired) electrons. The minimum Gasteiger partial charge on any atom is -0.508 e. The molecule has 23 heavy (non-hydrogen) atoms. The first-order chi connectivity index (χ1) is 11.1. The van der Waals surface area contributed by atoms with Crippen LogP contribution in [-0.4, -0.2) is 66.0 Å². The van der Waals surface area contributed by atoms with E-state index in [4.69, 9.17) is 0 Å². The number of hydrogen-bond donors (Lipinski definition) is 2. The summed E-state index contributed by atoms with van der Waals surface area (Å²) < 4.78 is 0. The zero-order valence-corrected chi connectivity index (χ0v) is 13.2. The van der Waals surface area contributed by atoms with Crippen molar-refractivity contribution in [3.05, 3.63) is 29.8 Å². The average Bonchev–Trinajstić information content (AvgIpc) is 2.61. The molecule has 1 unspecified atom stereocenters. The predicted molar refractivity (Wildman–Crippen MR) is 86.2 cm³/mol. The highest BCUT2D eigenvalue weighted by molar-refractivity contribution is 5.94. The summed E-state index contributed by atoms with van der Waals surface area (Å²) in [6, 6.07) is 6.39. The maximum absolute atomic E-state index is 12.5. The van der Waals surface area contributed by atoms with Crippen molar-refractivity contribution in [2.75, 3.05) is 39.3 Å². The Morgan fingerprint density at radius 2 is 1.87 bits per heavy atom. The molecule has 0 aliphatic carbocycles. The number of amides is 2. The molecule has 3 rings (SSSR count). The number of carbonyl (C=O) groups is 2. The Kier molecular flexibility index (Phi) is 4.81. The highest BCUT2D eigenvalue weighted by atomic mass is 16.3. The van der Waals surface area contributed by atoms with Crippen LogP contribution in [0, 0.1) is 5.92 Å². The van der Waals surface area contributed by atoms with Gasteiger partial charge in [0.15, 0.2) is 0 Å². The van der Waals surface area contributed by atoms with Gasteiger partial charge in [-0.15, -0.1) is 0 Å². The van der Waals surface area contributed by atoms with E-state index >= 15 is 0 Å². The maximum atomic E-state index is 12.5. The molecule has 1 atom stereocenters. The summed E-state index contributed by atoms with van der Waals surface area (Å²) in [7, 11) is 0. The lowest BCUT2D eigenvalue weighted by atomic mass is 9.98. The Morgan fingerprint density at radius 3 is 2.52 bits per heavy atom. The third-order valence-electron chi connectivity index (χ3n) is 4.62. The number of rotatable bonds is 2.